The Bertz CT molecular complexity index is 1110. The first kappa shape index (κ1) is 27.0. The molecule has 2 aliphatic heterocycles. The van der Waals surface area contributed by atoms with E-state index in [2.05, 4.69) is 4.90 Å². The molecule has 8 heteroatoms. The fourth-order valence-corrected chi connectivity index (χ4v) is 5.33. The summed E-state index contributed by atoms with van der Waals surface area (Å²) in [5.74, 6) is -0.677. The lowest BCUT2D eigenvalue weighted by Crippen LogP contribution is -2.44. The van der Waals surface area contributed by atoms with Gasteiger partial charge in [0.2, 0.25) is 5.91 Å². The molecule has 37 heavy (non-hydrogen) atoms. The zero-order valence-electron chi connectivity index (χ0n) is 21.7. The molecule has 1 atom stereocenters. The molecule has 2 aliphatic rings. The van der Waals surface area contributed by atoms with E-state index >= 15 is 4.39 Å². The normalized spacial score (nSPS) is 19.6. The number of ether oxygens (including phenoxy) is 1. The summed E-state index contributed by atoms with van der Waals surface area (Å²) >= 11 is 0. The molecule has 2 saturated heterocycles. The molecule has 0 aromatic heterocycles. The number of nitrogens with zero attached hydrogens (tertiary/aromatic N) is 2. The van der Waals surface area contributed by atoms with E-state index in [0.29, 0.717) is 60.9 Å². The number of benzene rings is 2. The molecule has 2 heterocycles. The molecular formula is C29H37F2N3O3. The average molecular weight is 514 g/mol. The fraction of sp³-hybridized carbons (Fsp3) is 0.517. The number of carbonyl (C=O) groups is 2. The zero-order chi connectivity index (χ0) is 26.6. The van der Waals surface area contributed by atoms with E-state index in [1.807, 2.05) is 0 Å². The third-order valence-electron chi connectivity index (χ3n) is 7.29. The van der Waals surface area contributed by atoms with Crippen molar-refractivity contribution in [1.29, 1.82) is 0 Å². The second-order valence-corrected chi connectivity index (χ2v) is 10.9. The number of likely N-dealkylation sites (tertiary alicyclic amines) is 2. The molecule has 0 unspecified atom stereocenters. The Hall–Kier alpha value is -3.00. The number of rotatable bonds is 8. The van der Waals surface area contributed by atoms with Crippen molar-refractivity contribution in [3.8, 4) is 16.9 Å². The predicted molar refractivity (Wildman–Crippen MR) is 140 cm³/mol. The monoisotopic (exact) mass is 513 g/mol. The van der Waals surface area contributed by atoms with Gasteiger partial charge in [-0.05, 0) is 82.3 Å². The third kappa shape index (κ3) is 7.06. The zero-order valence-corrected chi connectivity index (χ0v) is 21.7. The van der Waals surface area contributed by atoms with Crippen LogP contribution >= 0.6 is 0 Å². The number of amides is 2. The van der Waals surface area contributed by atoms with Crippen molar-refractivity contribution in [2.45, 2.75) is 45.2 Å². The summed E-state index contributed by atoms with van der Waals surface area (Å²) in [4.78, 5) is 28.7. The van der Waals surface area contributed by atoms with Gasteiger partial charge in [-0.25, -0.2) is 8.78 Å². The largest absolute Gasteiger partial charge is 0.493 e. The lowest BCUT2D eigenvalue weighted by molar-refractivity contribution is -0.123. The number of halogens is 2. The van der Waals surface area contributed by atoms with Gasteiger partial charge in [-0.2, -0.15) is 0 Å². The molecule has 200 valence electrons. The van der Waals surface area contributed by atoms with E-state index < -0.39 is 17.4 Å². The van der Waals surface area contributed by atoms with Crippen molar-refractivity contribution in [3.05, 3.63) is 53.8 Å². The maximum atomic E-state index is 15.3. The maximum Gasteiger partial charge on any atom is 0.254 e. The molecule has 2 fully saturated rings. The van der Waals surface area contributed by atoms with Gasteiger partial charge in [0, 0.05) is 36.8 Å². The summed E-state index contributed by atoms with van der Waals surface area (Å²) in [6.45, 7) is 6.59. The molecule has 0 radical (unpaired) electrons. The Morgan fingerprint density at radius 1 is 1.05 bits per heavy atom. The van der Waals surface area contributed by atoms with E-state index in [9.17, 15) is 14.0 Å². The van der Waals surface area contributed by atoms with Gasteiger partial charge in [-0.3, -0.25) is 9.59 Å². The van der Waals surface area contributed by atoms with Crippen LogP contribution in [-0.4, -0.2) is 66.6 Å². The van der Waals surface area contributed by atoms with Crippen molar-refractivity contribution >= 4 is 11.8 Å². The molecule has 4 rings (SSSR count). The van der Waals surface area contributed by atoms with Crippen LogP contribution in [0, 0.1) is 17.7 Å². The summed E-state index contributed by atoms with van der Waals surface area (Å²) in [6.07, 6.45) is 3.21. The molecule has 0 aliphatic carbocycles. The van der Waals surface area contributed by atoms with Gasteiger partial charge >= 0.3 is 0 Å². The topological polar surface area (TPSA) is 75.9 Å². The second kappa shape index (κ2) is 11.6. The first-order chi connectivity index (χ1) is 17.6. The van der Waals surface area contributed by atoms with Crippen molar-refractivity contribution < 1.29 is 23.1 Å². The number of primary amides is 1. The molecule has 2 N–H and O–H groups in total. The van der Waals surface area contributed by atoms with Crippen LogP contribution in [-0.2, 0) is 4.79 Å². The lowest BCUT2D eigenvalue weighted by atomic mass is 9.94. The van der Waals surface area contributed by atoms with Crippen LogP contribution in [0.25, 0.3) is 11.1 Å². The third-order valence-corrected chi connectivity index (χ3v) is 7.29. The molecular weight excluding hydrogens is 476 g/mol. The standard InChI is InChI=1S/C29H37F2N3O3/c1-29(2,31)19-33-14-11-20(12-15-33)18-37-22-9-10-24(26(30)16-22)23-7-3-4-8-25(23)28(36)34-13-5-6-21(17-34)27(32)35/h3-4,7-10,16,20-21H,5-6,11-15,17-19H2,1-2H3,(H2,32,35)/t21-/m1/s1. The average Bonchev–Trinajstić information content (AvgIpc) is 2.87. The van der Waals surface area contributed by atoms with Crippen molar-refractivity contribution in [2.75, 3.05) is 39.3 Å². The van der Waals surface area contributed by atoms with Crippen LogP contribution in [0.15, 0.2) is 42.5 Å². The SMILES string of the molecule is CC(C)(F)CN1CCC(COc2ccc(-c3ccccc3C(=O)N3CCC[C@@H](C(N)=O)C3)c(F)c2)CC1. The first-order valence-corrected chi connectivity index (χ1v) is 13.1. The molecule has 0 saturated carbocycles. The number of carbonyl (C=O) groups excluding carboxylic acids is 2. The van der Waals surface area contributed by atoms with Crippen LogP contribution in [0.1, 0.15) is 49.9 Å². The van der Waals surface area contributed by atoms with Crippen LogP contribution in [0.5, 0.6) is 5.75 Å². The number of nitrogens with two attached hydrogens (primary N) is 1. The highest BCUT2D eigenvalue weighted by Crippen LogP contribution is 2.31. The Balaban J connectivity index is 1.40. The number of hydrogen-bond donors (Lipinski definition) is 1. The summed E-state index contributed by atoms with van der Waals surface area (Å²) in [5, 5.41) is 0. The fourth-order valence-electron chi connectivity index (χ4n) is 5.33. The Morgan fingerprint density at radius 2 is 1.78 bits per heavy atom. The highest BCUT2D eigenvalue weighted by Gasteiger charge is 2.29. The van der Waals surface area contributed by atoms with Gasteiger partial charge in [-0.15, -0.1) is 0 Å². The van der Waals surface area contributed by atoms with Crippen molar-refractivity contribution in [2.24, 2.45) is 17.6 Å². The quantitative estimate of drug-likeness (QED) is 0.557. The van der Waals surface area contributed by atoms with Crippen LogP contribution < -0.4 is 10.5 Å². The maximum absolute atomic E-state index is 15.3. The minimum atomic E-state index is -1.20. The Morgan fingerprint density at radius 3 is 2.46 bits per heavy atom. The van der Waals surface area contributed by atoms with E-state index in [4.69, 9.17) is 10.5 Å². The van der Waals surface area contributed by atoms with Crippen molar-refractivity contribution in [3.63, 3.8) is 0 Å². The highest BCUT2D eigenvalue weighted by atomic mass is 19.1. The lowest BCUT2D eigenvalue weighted by Gasteiger charge is -2.34. The van der Waals surface area contributed by atoms with Gasteiger partial charge in [0.1, 0.15) is 17.2 Å². The molecule has 6 nitrogen and oxygen atoms in total. The van der Waals surface area contributed by atoms with E-state index in [1.54, 1.807) is 55.1 Å². The summed E-state index contributed by atoms with van der Waals surface area (Å²) in [5.41, 5.74) is 5.48. The van der Waals surface area contributed by atoms with Gasteiger partial charge in [-0.1, -0.05) is 18.2 Å². The molecule has 2 aromatic rings. The molecule has 0 bridgehead atoms. The summed E-state index contributed by atoms with van der Waals surface area (Å²) < 4.78 is 35.1. The van der Waals surface area contributed by atoms with Gasteiger partial charge < -0.3 is 20.3 Å². The summed E-state index contributed by atoms with van der Waals surface area (Å²) in [6, 6.07) is 11.7. The number of alkyl halides is 1. The molecule has 2 aromatic carbocycles. The van der Waals surface area contributed by atoms with Gasteiger partial charge in [0.15, 0.2) is 0 Å². The van der Waals surface area contributed by atoms with Gasteiger partial charge in [0.05, 0.1) is 12.5 Å². The molecule has 2 amide bonds. The number of hydrogen-bond acceptors (Lipinski definition) is 4. The predicted octanol–water partition coefficient (Wildman–Crippen LogP) is 4.67. The van der Waals surface area contributed by atoms with E-state index in [-0.39, 0.29) is 18.4 Å². The Kier molecular flexibility index (Phi) is 8.47. The smallest absolute Gasteiger partial charge is 0.254 e. The minimum Gasteiger partial charge on any atom is -0.493 e. The van der Waals surface area contributed by atoms with Gasteiger partial charge in [0.25, 0.3) is 5.91 Å². The van der Waals surface area contributed by atoms with E-state index in [1.165, 1.54) is 6.07 Å². The van der Waals surface area contributed by atoms with Crippen LogP contribution in [0.2, 0.25) is 0 Å². The second-order valence-electron chi connectivity index (χ2n) is 10.9. The minimum absolute atomic E-state index is 0.233. The summed E-state index contributed by atoms with van der Waals surface area (Å²) in [7, 11) is 0. The van der Waals surface area contributed by atoms with Crippen molar-refractivity contribution in [1.82, 2.24) is 9.80 Å². The highest BCUT2D eigenvalue weighted by molar-refractivity contribution is 6.01. The first-order valence-electron chi connectivity index (χ1n) is 13.1. The van der Waals surface area contributed by atoms with E-state index in [0.717, 1.165) is 25.9 Å². The van der Waals surface area contributed by atoms with Crippen LogP contribution in [0.3, 0.4) is 0 Å². The molecule has 0 spiro atoms. The van der Waals surface area contributed by atoms with Crippen LogP contribution in [0.4, 0.5) is 8.78 Å². The Labute approximate surface area is 217 Å². The number of piperidine rings is 2.